The van der Waals surface area contributed by atoms with Gasteiger partial charge >= 0.3 is 0 Å². The van der Waals surface area contributed by atoms with Gasteiger partial charge in [-0.2, -0.15) is 5.10 Å². The Labute approximate surface area is 215 Å². The van der Waals surface area contributed by atoms with Crippen LogP contribution in [-0.4, -0.2) is 35.2 Å². The fraction of sp³-hybridized carbons (Fsp3) is 0.269. The monoisotopic (exact) mass is 523 g/mol. The number of benzene rings is 1. The van der Waals surface area contributed by atoms with Crippen LogP contribution >= 0.6 is 11.6 Å². The Kier molecular flexibility index (Phi) is 6.22. The van der Waals surface area contributed by atoms with Crippen molar-refractivity contribution < 1.29 is 13.2 Å². The van der Waals surface area contributed by atoms with Crippen molar-refractivity contribution in [3.63, 3.8) is 0 Å². The summed E-state index contributed by atoms with van der Waals surface area (Å²) in [6.45, 7) is 4.06. The molecule has 8 nitrogen and oxygen atoms in total. The average Bonchev–Trinajstić information content (AvgIpc) is 3.59. The van der Waals surface area contributed by atoms with Gasteiger partial charge in [-0.3, -0.25) is 14.0 Å². The highest BCUT2D eigenvalue weighted by molar-refractivity contribution is 7.92. The van der Waals surface area contributed by atoms with E-state index in [4.69, 9.17) is 21.3 Å². The third kappa shape index (κ3) is 4.68. The zero-order valence-electron chi connectivity index (χ0n) is 20.4. The lowest BCUT2D eigenvalue weighted by Crippen LogP contribution is -2.27. The van der Waals surface area contributed by atoms with E-state index in [0.717, 1.165) is 29.5 Å². The molecule has 0 saturated heterocycles. The number of hydrogen-bond donors (Lipinski definition) is 0. The van der Waals surface area contributed by atoms with Gasteiger partial charge in [0.1, 0.15) is 16.3 Å². The standard InChI is InChI=1S/C26H26ClN5O3S/c1-16-9-17(2)25(22(10-16)18-5-6-18)35-26-24(32(4)36(33,34)21-14-29-31(3)15-21)8-7-23(30-26)19-11-20(27)13-28-12-19/h7-15,18H,5-6H2,1-4H3. The number of halogens is 1. The van der Waals surface area contributed by atoms with Crippen molar-refractivity contribution in [2.75, 3.05) is 11.4 Å². The molecule has 186 valence electrons. The molecular weight excluding hydrogens is 498 g/mol. The molecule has 3 heterocycles. The zero-order chi connectivity index (χ0) is 25.6. The molecule has 36 heavy (non-hydrogen) atoms. The molecule has 10 heteroatoms. The summed E-state index contributed by atoms with van der Waals surface area (Å²) in [7, 11) is -0.753. The quantitative estimate of drug-likeness (QED) is 0.311. The first kappa shape index (κ1) is 24.3. The summed E-state index contributed by atoms with van der Waals surface area (Å²) in [5.74, 6) is 1.32. The van der Waals surface area contributed by atoms with Crippen LogP contribution in [0, 0.1) is 13.8 Å². The predicted octanol–water partition coefficient (Wildman–Crippen LogP) is 5.64. The van der Waals surface area contributed by atoms with Gasteiger partial charge in [0.25, 0.3) is 10.0 Å². The summed E-state index contributed by atoms with van der Waals surface area (Å²) in [4.78, 5) is 8.98. The Morgan fingerprint density at radius 2 is 1.89 bits per heavy atom. The molecule has 4 aromatic rings. The fourth-order valence-corrected chi connectivity index (χ4v) is 5.56. The summed E-state index contributed by atoms with van der Waals surface area (Å²) >= 11 is 6.16. The predicted molar refractivity (Wildman–Crippen MR) is 139 cm³/mol. The third-order valence-electron chi connectivity index (χ3n) is 6.18. The van der Waals surface area contributed by atoms with Crippen molar-refractivity contribution in [1.82, 2.24) is 19.7 Å². The van der Waals surface area contributed by atoms with Gasteiger partial charge in [-0.1, -0.05) is 29.3 Å². The van der Waals surface area contributed by atoms with Crippen LogP contribution in [0.4, 0.5) is 5.69 Å². The minimum Gasteiger partial charge on any atom is -0.436 e. The maximum Gasteiger partial charge on any atom is 0.267 e. The maximum atomic E-state index is 13.4. The highest BCUT2D eigenvalue weighted by Crippen LogP contribution is 2.47. The molecule has 5 rings (SSSR count). The Balaban J connectivity index is 1.64. The second kappa shape index (κ2) is 9.22. The van der Waals surface area contributed by atoms with Gasteiger partial charge < -0.3 is 4.74 Å². The second-order valence-corrected chi connectivity index (χ2v) is 11.5. The molecule has 1 aliphatic rings. The lowest BCUT2D eigenvalue weighted by molar-refractivity contribution is 0.455. The lowest BCUT2D eigenvalue weighted by atomic mass is 10.0. The third-order valence-corrected chi connectivity index (χ3v) is 8.11. The number of aryl methyl sites for hydroxylation is 3. The van der Waals surface area contributed by atoms with E-state index in [1.54, 1.807) is 37.6 Å². The zero-order valence-corrected chi connectivity index (χ0v) is 22.0. The van der Waals surface area contributed by atoms with Gasteiger partial charge in [-0.15, -0.1) is 0 Å². The normalized spacial score (nSPS) is 13.6. The van der Waals surface area contributed by atoms with Crippen molar-refractivity contribution >= 4 is 27.3 Å². The van der Waals surface area contributed by atoms with Crippen LogP contribution < -0.4 is 9.04 Å². The van der Waals surface area contributed by atoms with Crippen LogP contribution in [0.2, 0.25) is 5.02 Å². The molecule has 0 atom stereocenters. The molecule has 3 aromatic heterocycles. The highest BCUT2D eigenvalue weighted by Gasteiger charge is 2.30. The average molecular weight is 524 g/mol. The van der Waals surface area contributed by atoms with Gasteiger partial charge in [0.2, 0.25) is 5.88 Å². The first-order chi connectivity index (χ1) is 17.1. The second-order valence-electron chi connectivity index (χ2n) is 9.11. The molecular formula is C26H26ClN5O3S. The molecule has 0 N–H and O–H groups in total. The van der Waals surface area contributed by atoms with E-state index in [9.17, 15) is 8.42 Å². The van der Waals surface area contributed by atoms with Crippen LogP contribution in [0.3, 0.4) is 0 Å². The smallest absolute Gasteiger partial charge is 0.267 e. The van der Waals surface area contributed by atoms with Gasteiger partial charge in [0.05, 0.1) is 16.9 Å². The summed E-state index contributed by atoms with van der Waals surface area (Å²) in [6, 6.07) is 9.37. The Hall–Kier alpha value is -3.43. The van der Waals surface area contributed by atoms with E-state index in [2.05, 4.69) is 29.1 Å². The van der Waals surface area contributed by atoms with Crippen LogP contribution in [0.1, 0.15) is 35.4 Å². The number of ether oxygens (including phenoxy) is 1. The molecule has 0 spiro atoms. The number of rotatable bonds is 7. The lowest BCUT2D eigenvalue weighted by Gasteiger charge is -2.23. The summed E-state index contributed by atoms with van der Waals surface area (Å²) in [5.41, 5.74) is 4.81. The van der Waals surface area contributed by atoms with Crippen LogP contribution in [0.5, 0.6) is 11.6 Å². The van der Waals surface area contributed by atoms with Crippen LogP contribution in [-0.2, 0) is 17.1 Å². The minimum absolute atomic E-state index is 0.0757. The minimum atomic E-state index is -3.90. The Morgan fingerprint density at radius 1 is 1.11 bits per heavy atom. The maximum absolute atomic E-state index is 13.4. The molecule has 0 amide bonds. The van der Waals surface area contributed by atoms with E-state index in [1.165, 1.54) is 28.4 Å². The molecule has 0 bridgehead atoms. The Bertz CT molecular complexity index is 1560. The summed E-state index contributed by atoms with van der Waals surface area (Å²) in [6.07, 6.45) is 8.18. The van der Waals surface area contributed by atoms with Crippen LogP contribution in [0.15, 0.2) is 60.0 Å². The summed E-state index contributed by atoms with van der Waals surface area (Å²) in [5, 5.41) is 4.49. The Morgan fingerprint density at radius 3 is 2.56 bits per heavy atom. The van der Waals surface area contributed by atoms with E-state index in [-0.39, 0.29) is 10.8 Å². The molecule has 1 fully saturated rings. The first-order valence-electron chi connectivity index (χ1n) is 11.5. The summed E-state index contributed by atoms with van der Waals surface area (Å²) < 4.78 is 35.9. The van der Waals surface area contributed by atoms with Crippen molar-refractivity contribution in [2.45, 2.75) is 37.5 Å². The van der Waals surface area contributed by atoms with Gasteiger partial charge in [-0.25, -0.2) is 13.4 Å². The highest BCUT2D eigenvalue weighted by atomic mass is 35.5. The molecule has 1 aliphatic carbocycles. The number of hydrogen-bond acceptors (Lipinski definition) is 6. The molecule has 1 aromatic carbocycles. The largest absolute Gasteiger partial charge is 0.436 e. The van der Waals surface area contributed by atoms with Crippen molar-refractivity contribution in [2.24, 2.45) is 7.05 Å². The van der Waals surface area contributed by atoms with E-state index in [0.29, 0.717) is 33.6 Å². The fourth-order valence-electron chi connectivity index (χ4n) is 4.20. The number of nitrogens with zero attached hydrogens (tertiary/aromatic N) is 5. The van der Waals surface area contributed by atoms with Crippen molar-refractivity contribution in [1.29, 1.82) is 0 Å². The number of anilines is 1. The number of aromatic nitrogens is 4. The van der Waals surface area contributed by atoms with Crippen molar-refractivity contribution in [3.8, 4) is 22.9 Å². The van der Waals surface area contributed by atoms with Crippen molar-refractivity contribution in [3.05, 3.63) is 76.8 Å². The van der Waals surface area contributed by atoms with E-state index < -0.39 is 10.0 Å². The number of pyridine rings is 2. The van der Waals surface area contributed by atoms with E-state index in [1.807, 2.05) is 6.92 Å². The molecule has 0 aliphatic heterocycles. The van der Waals surface area contributed by atoms with Gasteiger partial charge in [-0.05, 0) is 61.9 Å². The SMILES string of the molecule is Cc1cc(C)c(Oc2nc(-c3cncc(Cl)c3)ccc2N(C)S(=O)(=O)c2cnn(C)c2)c(C2CC2)c1. The topological polar surface area (TPSA) is 90.2 Å². The molecule has 1 saturated carbocycles. The first-order valence-corrected chi connectivity index (χ1v) is 13.3. The number of sulfonamides is 1. The molecule has 0 radical (unpaired) electrons. The van der Waals surface area contributed by atoms with Gasteiger partial charge in [0.15, 0.2) is 0 Å². The van der Waals surface area contributed by atoms with Crippen LogP contribution in [0.25, 0.3) is 11.3 Å². The van der Waals surface area contributed by atoms with Gasteiger partial charge in [0, 0.05) is 38.2 Å². The van der Waals surface area contributed by atoms with E-state index >= 15 is 0 Å². The molecule has 0 unspecified atom stereocenters.